The van der Waals surface area contributed by atoms with E-state index < -0.39 is 0 Å². The molecule has 3 heterocycles. The lowest BCUT2D eigenvalue weighted by atomic mass is 10.0. The number of carbonyl (C=O) groups excluding carboxylic acids is 1. The van der Waals surface area contributed by atoms with Crippen LogP contribution in [-0.2, 0) is 9.53 Å². The number of ether oxygens (including phenoxy) is 1. The molecule has 1 fully saturated rings. The van der Waals surface area contributed by atoms with E-state index in [0.29, 0.717) is 18.5 Å². The number of aromatic nitrogens is 1. The average Bonchev–Trinajstić information content (AvgIpc) is 3.14. The fourth-order valence-electron chi connectivity index (χ4n) is 3.81. The molecule has 1 aromatic carbocycles. The van der Waals surface area contributed by atoms with Gasteiger partial charge in [-0.05, 0) is 41.5 Å². The summed E-state index contributed by atoms with van der Waals surface area (Å²) in [5, 5.41) is 7.04. The molecule has 4 rings (SSSR count). The third-order valence-corrected chi connectivity index (χ3v) is 5.46. The topological polar surface area (TPSA) is 69.7 Å². The minimum Gasteiger partial charge on any atom is -0.381 e. The third-order valence-electron chi connectivity index (χ3n) is 5.46. The summed E-state index contributed by atoms with van der Waals surface area (Å²) in [4.78, 5) is 19.0. The predicted molar refractivity (Wildman–Crippen MR) is 111 cm³/mol. The smallest absolute Gasteiger partial charge is 0.239 e. The summed E-state index contributed by atoms with van der Waals surface area (Å²) in [6.07, 6.45) is 6.17. The molecule has 0 bridgehead atoms. The summed E-state index contributed by atoms with van der Waals surface area (Å²) in [6.45, 7) is 2.98. The van der Waals surface area contributed by atoms with Gasteiger partial charge in [0.1, 0.15) is 5.82 Å². The first-order valence-corrected chi connectivity index (χ1v) is 9.73. The van der Waals surface area contributed by atoms with Crippen LogP contribution in [0.1, 0.15) is 18.4 Å². The fourth-order valence-corrected chi connectivity index (χ4v) is 3.81. The number of pyridine rings is 1. The van der Waals surface area contributed by atoms with Crippen LogP contribution in [0.2, 0.25) is 0 Å². The maximum Gasteiger partial charge on any atom is 0.239 e. The molecule has 148 valence electrons. The van der Waals surface area contributed by atoms with Gasteiger partial charge in [-0.3, -0.25) is 9.69 Å². The van der Waals surface area contributed by atoms with E-state index in [2.05, 4.69) is 45.0 Å². The van der Waals surface area contributed by atoms with Crippen LogP contribution in [-0.4, -0.2) is 67.2 Å². The van der Waals surface area contributed by atoms with E-state index in [9.17, 15) is 4.79 Å². The van der Waals surface area contributed by atoms with Gasteiger partial charge in [-0.2, -0.15) is 0 Å². The number of piperidine rings is 1. The van der Waals surface area contributed by atoms with Crippen LogP contribution < -0.4 is 10.7 Å². The number of hydrazine groups is 1. The van der Waals surface area contributed by atoms with Crippen molar-refractivity contribution in [3.8, 4) is 0 Å². The van der Waals surface area contributed by atoms with Crippen molar-refractivity contribution in [2.45, 2.75) is 18.9 Å². The van der Waals surface area contributed by atoms with Crippen molar-refractivity contribution in [3.05, 3.63) is 42.2 Å². The monoisotopic (exact) mass is 381 g/mol. The highest BCUT2D eigenvalue weighted by Crippen LogP contribution is 2.24. The summed E-state index contributed by atoms with van der Waals surface area (Å²) in [7, 11) is 3.74. The van der Waals surface area contributed by atoms with Gasteiger partial charge in [0.15, 0.2) is 0 Å². The maximum absolute atomic E-state index is 12.4. The zero-order chi connectivity index (χ0) is 19.5. The van der Waals surface area contributed by atoms with Crippen LogP contribution in [0.4, 0.5) is 5.82 Å². The Morgan fingerprint density at radius 2 is 2.11 bits per heavy atom. The minimum atomic E-state index is -0.0248. The van der Waals surface area contributed by atoms with E-state index in [0.717, 1.165) is 43.2 Å². The first-order chi connectivity index (χ1) is 13.6. The average molecular weight is 381 g/mol. The molecule has 0 aliphatic carbocycles. The van der Waals surface area contributed by atoms with Gasteiger partial charge in [0.2, 0.25) is 5.91 Å². The van der Waals surface area contributed by atoms with Gasteiger partial charge in [0.25, 0.3) is 0 Å². The lowest BCUT2D eigenvalue weighted by Crippen LogP contribution is -2.41. The molecule has 2 aliphatic heterocycles. The van der Waals surface area contributed by atoms with Crippen molar-refractivity contribution >= 4 is 28.1 Å². The van der Waals surface area contributed by atoms with Gasteiger partial charge in [0.05, 0.1) is 12.6 Å². The first kappa shape index (κ1) is 18.9. The lowest BCUT2D eigenvalue weighted by Gasteiger charge is -2.30. The Morgan fingerprint density at radius 1 is 1.29 bits per heavy atom. The predicted octanol–water partition coefficient (Wildman–Crippen LogP) is 2.07. The molecule has 7 nitrogen and oxygen atoms in total. The number of hydrogen-bond donors (Lipinski definition) is 2. The second kappa shape index (κ2) is 8.26. The van der Waals surface area contributed by atoms with Crippen molar-refractivity contribution in [1.82, 2.24) is 20.3 Å². The number of likely N-dealkylation sites (tertiary alicyclic amines) is 1. The van der Waals surface area contributed by atoms with Crippen molar-refractivity contribution in [2.24, 2.45) is 0 Å². The quantitative estimate of drug-likeness (QED) is 0.826. The molecule has 2 aliphatic rings. The Morgan fingerprint density at radius 3 is 2.82 bits per heavy atom. The number of methoxy groups -OCH3 is 1. The van der Waals surface area contributed by atoms with E-state index in [-0.39, 0.29) is 5.91 Å². The molecule has 0 saturated carbocycles. The number of carbonyl (C=O) groups is 1. The zero-order valence-corrected chi connectivity index (χ0v) is 16.4. The molecule has 1 amide bonds. The van der Waals surface area contributed by atoms with Gasteiger partial charge in [-0.1, -0.05) is 12.1 Å². The van der Waals surface area contributed by atoms with Gasteiger partial charge < -0.3 is 15.1 Å². The highest BCUT2D eigenvalue weighted by molar-refractivity contribution is 5.94. The summed E-state index contributed by atoms with van der Waals surface area (Å²) < 4.78 is 5.39. The molecular formula is C21H27N5O2. The second-order valence-electron chi connectivity index (χ2n) is 7.49. The Hall–Kier alpha value is -2.48. The van der Waals surface area contributed by atoms with E-state index in [1.807, 2.05) is 24.3 Å². The van der Waals surface area contributed by atoms with E-state index in [1.165, 1.54) is 11.1 Å². The molecule has 1 aromatic heterocycles. The Labute approximate surface area is 165 Å². The fraction of sp³-hybridized carbons (Fsp3) is 0.429. The number of nitrogens with one attached hydrogen (secondary N) is 2. The van der Waals surface area contributed by atoms with Gasteiger partial charge >= 0.3 is 0 Å². The van der Waals surface area contributed by atoms with Crippen LogP contribution >= 0.6 is 0 Å². The van der Waals surface area contributed by atoms with Gasteiger partial charge in [-0.15, -0.1) is 0 Å². The molecule has 2 N–H and O–H groups in total. The standard InChI is InChI=1S/C21H27N5O2/c1-25-13-18(12-23-25)15-3-4-16-11-22-20(10-17(16)9-15)24-21(27)14-26-7-5-19(28-2)6-8-26/h3-4,9-11,13,19,23H,5-8,12,14H2,1-2H3,(H,22,24,27). The minimum absolute atomic E-state index is 0.0248. The summed E-state index contributed by atoms with van der Waals surface area (Å²) >= 11 is 0. The van der Waals surface area contributed by atoms with Gasteiger partial charge in [-0.25, -0.2) is 10.4 Å². The molecule has 2 aromatic rings. The molecular weight excluding hydrogens is 354 g/mol. The van der Waals surface area contributed by atoms with E-state index in [4.69, 9.17) is 4.74 Å². The van der Waals surface area contributed by atoms with Gasteiger partial charge in [0, 0.05) is 51.6 Å². The second-order valence-corrected chi connectivity index (χ2v) is 7.49. The van der Waals surface area contributed by atoms with Crippen molar-refractivity contribution < 1.29 is 9.53 Å². The zero-order valence-electron chi connectivity index (χ0n) is 16.4. The van der Waals surface area contributed by atoms with Crippen LogP contribution in [0, 0.1) is 0 Å². The molecule has 0 unspecified atom stereocenters. The number of benzene rings is 1. The largest absolute Gasteiger partial charge is 0.381 e. The maximum atomic E-state index is 12.4. The lowest BCUT2D eigenvalue weighted by molar-refractivity contribution is -0.117. The normalized spacial score (nSPS) is 18.5. The molecule has 1 saturated heterocycles. The van der Waals surface area contributed by atoms with Crippen LogP contribution in [0.5, 0.6) is 0 Å². The number of hydrogen-bond acceptors (Lipinski definition) is 6. The number of nitrogens with zero attached hydrogens (tertiary/aromatic N) is 3. The van der Waals surface area contributed by atoms with Crippen LogP contribution in [0.25, 0.3) is 16.3 Å². The molecule has 0 spiro atoms. The molecule has 0 radical (unpaired) electrons. The molecule has 28 heavy (non-hydrogen) atoms. The first-order valence-electron chi connectivity index (χ1n) is 9.73. The summed E-state index contributed by atoms with van der Waals surface area (Å²) in [6, 6.07) is 8.27. The molecule has 0 atom stereocenters. The van der Waals surface area contributed by atoms with Crippen molar-refractivity contribution in [1.29, 1.82) is 0 Å². The SMILES string of the molecule is COC1CCN(CC(=O)Nc2cc3cc(C4=CN(C)NC4)ccc3cn2)CC1. The summed E-state index contributed by atoms with van der Waals surface area (Å²) in [5.41, 5.74) is 5.67. The van der Waals surface area contributed by atoms with Crippen LogP contribution in [0.15, 0.2) is 36.7 Å². The summed E-state index contributed by atoms with van der Waals surface area (Å²) in [5.74, 6) is 0.570. The van der Waals surface area contributed by atoms with Crippen molar-refractivity contribution in [3.63, 3.8) is 0 Å². The third kappa shape index (κ3) is 4.32. The highest BCUT2D eigenvalue weighted by Gasteiger charge is 2.20. The number of rotatable bonds is 5. The van der Waals surface area contributed by atoms with Crippen molar-refractivity contribution in [2.75, 3.05) is 45.7 Å². The number of amides is 1. The molecule has 7 heteroatoms. The van der Waals surface area contributed by atoms with Crippen LogP contribution in [0.3, 0.4) is 0 Å². The van der Waals surface area contributed by atoms with E-state index in [1.54, 1.807) is 7.11 Å². The number of fused-ring (bicyclic) bond motifs is 1. The Balaban J connectivity index is 1.42. The Kier molecular flexibility index (Phi) is 5.57. The Bertz CT molecular complexity index is 889. The highest BCUT2D eigenvalue weighted by atomic mass is 16.5. The van der Waals surface area contributed by atoms with E-state index >= 15 is 0 Å². The number of anilines is 1.